The van der Waals surface area contributed by atoms with Gasteiger partial charge in [-0.15, -0.1) is 22.9 Å². The van der Waals surface area contributed by atoms with E-state index in [4.69, 9.17) is 11.6 Å². The summed E-state index contributed by atoms with van der Waals surface area (Å²) in [7, 11) is 0. The fourth-order valence-corrected chi connectivity index (χ4v) is 2.90. The van der Waals surface area contributed by atoms with Crippen molar-refractivity contribution in [2.24, 2.45) is 0 Å². The lowest BCUT2D eigenvalue weighted by Crippen LogP contribution is -1.96. The Morgan fingerprint density at radius 1 is 1.47 bits per heavy atom. The van der Waals surface area contributed by atoms with E-state index in [1.807, 2.05) is 18.2 Å². The number of hydrogen-bond acceptors (Lipinski definition) is 2. The van der Waals surface area contributed by atoms with E-state index in [-0.39, 0.29) is 5.38 Å². The van der Waals surface area contributed by atoms with E-state index in [1.54, 1.807) is 17.5 Å². The molecule has 0 N–H and O–H groups in total. The summed E-state index contributed by atoms with van der Waals surface area (Å²) in [5, 5.41) is 2.08. The minimum absolute atomic E-state index is 0.00227. The zero-order valence-electron chi connectivity index (χ0n) is 7.86. The second-order valence-corrected chi connectivity index (χ2v) is 5.99. The van der Waals surface area contributed by atoms with E-state index in [2.05, 4.69) is 32.4 Å². The molecule has 78 valence electrons. The third-order valence-electron chi connectivity index (χ3n) is 2.06. The molecule has 2 aromatic rings. The highest BCUT2D eigenvalue weighted by atomic mass is 79.9. The molecule has 0 aliphatic rings. The molecule has 0 radical (unpaired) electrons. The Morgan fingerprint density at radius 2 is 2.33 bits per heavy atom. The highest BCUT2D eigenvalue weighted by molar-refractivity contribution is 9.11. The van der Waals surface area contributed by atoms with Crippen LogP contribution in [0, 0.1) is 0 Å². The predicted octanol–water partition coefficient (Wildman–Crippen LogP) is 4.43. The van der Waals surface area contributed by atoms with Crippen LogP contribution in [0.5, 0.6) is 0 Å². The molecule has 15 heavy (non-hydrogen) atoms. The highest BCUT2D eigenvalue weighted by Crippen LogP contribution is 2.30. The van der Waals surface area contributed by atoms with Gasteiger partial charge in [0.15, 0.2) is 0 Å². The minimum atomic E-state index is 0.00227. The number of nitrogens with zero attached hydrogens (tertiary/aromatic N) is 1. The summed E-state index contributed by atoms with van der Waals surface area (Å²) in [6, 6.07) is 7.95. The van der Waals surface area contributed by atoms with Gasteiger partial charge in [0.2, 0.25) is 0 Å². The first-order valence-corrected chi connectivity index (χ1v) is 6.64. The summed E-state index contributed by atoms with van der Waals surface area (Å²) in [6.45, 7) is 0. The molecule has 0 spiro atoms. The average molecular weight is 303 g/mol. The summed E-state index contributed by atoms with van der Waals surface area (Å²) in [6.07, 6.45) is 2.56. The van der Waals surface area contributed by atoms with E-state index in [0.717, 1.165) is 21.5 Å². The summed E-state index contributed by atoms with van der Waals surface area (Å²) in [5.41, 5.74) is 2.18. The normalized spacial score (nSPS) is 12.7. The van der Waals surface area contributed by atoms with Gasteiger partial charge in [-0.25, -0.2) is 0 Å². The molecule has 1 nitrogen and oxygen atoms in total. The molecule has 1 unspecified atom stereocenters. The Labute approximate surface area is 106 Å². The lowest BCUT2D eigenvalue weighted by atomic mass is 10.1. The standard InChI is InChI=1S/C11H9BrClNS/c12-11-5-8(7-15-11)10(13)6-9-3-1-2-4-14-9/h1-5,7,10H,6H2. The average Bonchev–Trinajstić information content (AvgIpc) is 2.66. The van der Waals surface area contributed by atoms with E-state index in [0.29, 0.717) is 0 Å². The van der Waals surface area contributed by atoms with Gasteiger partial charge in [0, 0.05) is 18.3 Å². The van der Waals surface area contributed by atoms with Crippen molar-refractivity contribution < 1.29 is 0 Å². The van der Waals surface area contributed by atoms with Crippen molar-refractivity contribution in [2.45, 2.75) is 11.8 Å². The van der Waals surface area contributed by atoms with Crippen LogP contribution in [0.3, 0.4) is 0 Å². The first kappa shape index (κ1) is 11.1. The van der Waals surface area contributed by atoms with Gasteiger partial charge in [-0.05, 0) is 45.1 Å². The topological polar surface area (TPSA) is 12.9 Å². The molecule has 0 aliphatic carbocycles. The van der Waals surface area contributed by atoms with E-state index >= 15 is 0 Å². The largest absolute Gasteiger partial charge is 0.261 e. The predicted molar refractivity (Wildman–Crippen MR) is 68.6 cm³/mol. The molecule has 2 rings (SSSR count). The maximum Gasteiger partial charge on any atom is 0.0701 e. The molecule has 0 fully saturated rings. The number of pyridine rings is 1. The quantitative estimate of drug-likeness (QED) is 0.764. The molecule has 0 bridgehead atoms. The van der Waals surface area contributed by atoms with Gasteiger partial charge in [-0.1, -0.05) is 6.07 Å². The molecule has 1 atom stereocenters. The molecular formula is C11H9BrClNS. The third kappa shape index (κ3) is 3.03. The fourth-order valence-electron chi connectivity index (χ4n) is 1.31. The Morgan fingerprint density at radius 3 is 2.93 bits per heavy atom. The molecular weight excluding hydrogens is 294 g/mol. The highest BCUT2D eigenvalue weighted by Gasteiger charge is 2.11. The van der Waals surface area contributed by atoms with Gasteiger partial charge in [0.05, 0.1) is 9.16 Å². The molecule has 2 aromatic heterocycles. The van der Waals surface area contributed by atoms with Gasteiger partial charge < -0.3 is 0 Å². The second kappa shape index (κ2) is 5.10. The van der Waals surface area contributed by atoms with Crippen molar-refractivity contribution >= 4 is 38.9 Å². The summed E-state index contributed by atoms with van der Waals surface area (Å²) < 4.78 is 1.11. The lowest BCUT2D eigenvalue weighted by Gasteiger charge is -2.06. The molecule has 0 amide bonds. The van der Waals surface area contributed by atoms with E-state index < -0.39 is 0 Å². The SMILES string of the molecule is ClC(Cc1ccccn1)c1csc(Br)c1. The minimum Gasteiger partial charge on any atom is -0.261 e. The third-order valence-corrected chi connectivity index (χ3v) is 3.99. The van der Waals surface area contributed by atoms with Crippen molar-refractivity contribution in [3.8, 4) is 0 Å². The van der Waals surface area contributed by atoms with Crippen LogP contribution < -0.4 is 0 Å². The zero-order valence-corrected chi connectivity index (χ0v) is 11.0. The van der Waals surface area contributed by atoms with Crippen molar-refractivity contribution in [3.63, 3.8) is 0 Å². The molecule has 0 saturated carbocycles. The van der Waals surface area contributed by atoms with Gasteiger partial charge in [0.25, 0.3) is 0 Å². The van der Waals surface area contributed by atoms with Crippen molar-refractivity contribution in [1.82, 2.24) is 4.98 Å². The first-order chi connectivity index (χ1) is 7.25. The number of thiophene rings is 1. The van der Waals surface area contributed by atoms with Gasteiger partial charge in [-0.3, -0.25) is 4.98 Å². The van der Waals surface area contributed by atoms with Crippen LogP contribution in [0.2, 0.25) is 0 Å². The number of halogens is 2. The first-order valence-electron chi connectivity index (χ1n) is 4.53. The molecule has 0 saturated heterocycles. The number of hydrogen-bond donors (Lipinski definition) is 0. The van der Waals surface area contributed by atoms with Crippen LogP contribution >= 0.6 is 38.9 Å². The fraction of sp³-hybridized carbons (Fsp3) is 0.182. The summed E-state index contributed by atoms with van der Waals surface area (Å²) in [4.78, 5) is 4.26. The van der Waals surface area contributed by atoms with Crippen LogP contribution in [0.15, 0.2) is 39.6 Å². The van der Waals surface area contributed by atoms with Gasteiger partial charge in [-0.2, -0.15) is 0 Å². The Balaban J connectivity index is 2.07. The van der Waals surface area contributed by atoms with Crippen molar-refractivity contribution in [2.75, 3.05) is 0 Å². The summed E-state index contributed by atoms with van der Waals surface area (Å²) >= 11 is 11.4. The Hall–Kier alpha value is -0.380. The van der Waals surface area contributed by atoms with Crippen LogP contribution in [0.25, 0.3) is 0 Å². The monoisotopic (exact) mass is 301 g/mol. The van der Waals surface area contributed by atoms with Gasteiger partial charge in [0.1, 0.15) is 0 Å². The molecule has 0 aliphatic heterocycles. The van der Waals surface area contributed by atoms with Crippen molar-refractivity contribution in [1.29, 1.82) is 0 Å². The Kier molecular flexibility index (Phi) is 3.78. The smallest absolute Gasteiger partial charge is 0.0701 e. The maximum atomic E-state index is 6.30. The van der Waals surface area contributed by atoms with Crippen LogP contribution in [0.1, 0.15) is 16.6 Å². The van der Waals surface area contributed by atoms with Crippen LogP contribution in [-0.4, -0.2) is 4.98 Å². The van der Waals surface area contributed by atoms with Crippen LogP contribution in [0.4, 0.5) is 0 Å². The van der Waals surface area contributed by atoms with Crippen molar-refractivity contribution in [3.05, 3.63) is 50.9 Å². The molecule has 2 heterocycles. The second-order valence-electron chi connectivity index (χ2n) is 3.18. The maximum absolute atomic E-state index is 6.30. The number of rotatable bonds is 3. The van der Waals surface area contributed by atoms with Crippen LogP contribution in [-0.2, 0) is 6.42 Å². The number of alkyl halides is 1. The molecule has 4 heteroatoms. The number of aromatic nitrogens is 1. The Bertz CT molecular complexity index is 429. The van der Waals surface area contributed by atoms with E-state index in [9.17, 15) is 0 Å². The van der Waals surface area contributed by atoms with E-state index in [1.165, 1.54) is 0 Å². The van der Waals surface area contributed by atoms with Gasteiger partial charge >= 0.3 is 0 Å². The lowest BCUT2D eigenvalue weighted by molar-refractivity contribution is 0.884. The zero-order chi connectivity index (χ0) is 10.7. The molecule has 0 aromatic carbocycles. The summed E-state index contributed by atoms with van der Waals surface area (Å²) in [5.74, 6) is 0.